The molecule has 0 spiro atoms. The molecule has 2 aromatic rings. The van der Waals surface area contributed by atoms with Gasteiger partial charge in [0.1, 0.15) is 5.52 Å². The molecule has 1 aromatic carbocycles. The van der Waals surface area contributed by atoms with E-state index in [1.54, 1.807) is 6.20 Å². The average Bonchev–Trinajstić information content (AvgIpc) is 2.26. The summed E-state index contributed by atoms with van der Waals surface area (Å²) in [6.45, 7) is 2.96. The fourth-order valence-corrected chi connectivity index (χ4v) is 2.02. The quantitative estimate of drug-likeness (QED) is 0.922. The van der Waals surface area contributed by atoms with Gasteiger partial charge in [0.2, 0.25) is 0 Å². The van der Waals surface area contributed by atoms with Crippen molar-refractivity contribution in [1.29, 1.82) is 0 Å². The van der Waals surface area contributed by atoms with Gasteiger partial charge in [0.25, 0.3) is 0 Å². The lowest BCUT2D eigenvalue weighted by molar-refractivity contribution is 0.636. The van der Waals surface area contributed by atoms with Gasteiger partial charge in [-0.05, 0) is 24.6 Å². The number of anilines is 1. The lowest BCUT2D eigenvalue weighted by Crippen LogP contribution is -2.01. The largest absolute Gasteiger partial charge is 0.384 e. The van der Waals surface area contributed by atoms with Crippen LogP contribution in [0.25, 0.3) is 10.9 Å². The van der Waals surface area contributed by atoms with E-state index < -0.39 is 0 Å². The van der Waals surface area contributed by atoms with Gasteiger partial charge in [0.05, 0.1) is 0 Å². The molecule has 16 heavy (non-hydrogen) atoms. The molecule has 0 radical (unpaired) electrons. The lowest BCUT2D eigenvalue weighted by Gasteiger charge is -2.09. The maximum Gasteiger partial charge on any atom is 0.150 e. The fourth-order valence-electron chi connectivity index (χ4n) is 1.59. The number of nitrogens with one attached hydrogen (secondary N) is 1. The number of aromatic nitrogens is 1. The third-order valence-corrected chi connectivity index (χ3v) is 2.79. The summed E-state index contributed by atoms with van der Waals surface area (Å²) in [5, 5.41) is 4.07. The summed E-state index contributed by atoms with van der Waals surface area (Å²) in [6, 6.07) is 5.17. The average molecular weight is 283 g/mol. The van der Waals surface area contributed by atoms with E-state index in [0.29, 0.717) is 5.52 Å². The molecule has 0 saturated carbocycles. The van der Waals surface area contributed by atoms with Crippen molar-refractivity contribution in [2.24, 2.45) is 0 Å². The highest BCUT2D eigenvalue weighted by Crippen LogP contribution is 2.27. The number of rotatable bonds is 3. The van der Waals surface area contributed by atoms with Crippen molar-refractivity contribution in [2.75, 3.05) is 11.9 Å². The summed E-state index contributed by atoms with van der Waals surface area (Å²) < 4.78 is 14.4. The number of halogens is 2. The predicted molar refractivity (Wildman–Crippen MR) is 68.2 cm³/mol. The molecule has 0 aliphatic heterocycles. The first-order valence-electron chi connectivity index (χ1n) is 5.20. The molecule has 2 nitrogen and oxygen atoms in total. The van der Waals surface area contributed by atoms with Crippen molar-refractivity contribution in [2.45, 2.75) is 13.3 Å². The number of pyridine rings is 1. The predicted octanol–water partition coefficient (Wildman–Crippen LogP) is 3.96. The molecule has 0 atom stereocenters. The molecule has 1 aromatic heterocycles. The van der Waals surface area contributed by atoms with Crippen LogP contribution in [0, 0.1) is 5.82 Å². The third-order valence-electron chi connectivity index (χ3n) is 2.33. The Labute approximate surface area is 102 Å². The Hall–Kier alpha value is -1.16. The van der Waals surface area contributed by atoms with E-state index in [0.717, 1.165) is 28.5 Å². The van der Waals surface area contributed by atoms with E-state index >= 15 is 0 Å². The Morgan fingerprint density at radius 2 is 2.25 bits per heavy atom. The van der Waals surface area contributed by atoms with Crippen LogP contribution < -0.4 is 5.32 Å². The molecule has 0 fully saturated rings. The first-order chi connectivity index (χ1) is 7.72. The highest BCUT2D eigenvalue weighted by molar-refractivity contribution is 9.10. The van der Waals surface area contributed by atoms with Crippen LogP contribution in [0.4, 0.5) is 10.1 Å². The molecule has 0 aliphatic carbocycles. The zero-order chi connectivity index (χ0) is 11.5. The summed E-state index contributed by atoms with van der Waals surface area (Å²) >= 11 is 3.29. The summed E-state index contributed by atoms with van der Waals surface area (Å²) in [5.41, 5.74) is 1.33. The maximum atomic E-state index is 13.6. The number of fused-ring (bicyclic) bond motifs is 1. The van der Waals surface area contributed by atoms with Crippen LogP contribution in [0.2, 0.25) is 0 Å². The summed E-state index contributed by atoms with van der Waals surface area (Å²) in [7, 11) is 0. The molecular formula is C12H12BrFN2. The normalized spacial score (nSPS) is 10.7. The van der Waals surface area contributed by atoms with Gasteiger partial charge < -0.3 is 5.32 Å². The van der Waals surface area contributed by atoms with Crippen molar-refractivity contribution >= 4 is 32.5 Å². The first-order valence-corrected chi connectivity index (χ1v) is 5.99. The lowest BCUT2D eigenvalue weighted by atomic mass is 10.2. The molecule has 0 aliphatic rings. The molecule has 0 unspecified atom stereocenters. The topological polar surface area (TPSA) is 24.9 Å². The van der Waals surface area contributed by atoms with E-state index in [2.05, 4.69) is 33.2 Å². The first kappa shape index (κ1) is 11.3. The molecule has 2 rings (SSSR count). The standard InChI is InChI=1S/C12H12BrFN2/c1-2-4-15-11-3-5-16-12-9(11)6-8(13)7-10(12)14/h3,5-7H,2,4H2,1H3,(H,15,16). The minimum Gasteiger partial charge on any atom is -0.384 e. The summed E-state index contributed by atoms with van der Waals surface area (Å²) in [5.74, 6) is -0.301. The van der Waals surface area contributed by atoms with E-state index in [9.17, 15) is 4.39 Å². The second kappa shape index (κ2) is 4.78. The minimum absolute atomic E-state index is 0.301. The number of benzene rings is 1. The van der Waals surface area contributed by atoms with Crippen molar-refractivity contribution in [3.63, 3.8) is 0 Å². The number of nitrogens with zero attached hydrogens (tertiary/aromatic N) is 1. The second-order valence-electron chi connectivity index (χ2n) is 3.57. The van der Waals surface area contributed by atoms with Crippen molar-refractivity contribution in [3.8, 4) is 0 Å². The molecule has 0 bridgehead atoms. The molecule has 0 saturated heterocycles. The van der Waals surface area contributed by atoms with Crippen molar-refractivity contribution < 1.29 is 4.39 Å². The van der Waals surface area contributed by atoms with Gasteiger partial charge in [-0.25, -0.2) is 4.39 Å². The van der Waals surface area contributed by atoms with E-state index in [4.69, 9.17) is 0 Å². The zero-order valence-corrected chi connectivity index (χ0v) is 10.5. The van der Waals surface area contributed by atoms with Gasteiger partial charge in [-0.15, -0.1) is 0 Å². The molecule has 0 amide bonds. The smallest absolute Gasteiger partial charge is 0.150 e. The van der Waals surface area contributed by atoms with Crippen LogP contribution in [0.5, 0.6) is 0 Å². The van der Waals surface area contributed by atoms with Gasteiger partial charge in [0.15, 0.2) is 5.82 Å². The Bertz CT molecular complexity index is 514. The molecule has 84 valence electrons. The van der Waals surface area contributed by atoms with Crippen LogP contribution >= 0.6 is 15.9 Å². The molecule has 4 heteroatoms. The van der Waals surface area contributed by atoms with Crippen LogP contribution in [0.15, 0.2) is 28.9 Å². The Morgan fingerprint density at radius 1 is 1.44 bits per heavy atom. The minimum atomic E-state index is -0.301. The molecule has 1 N–H and O–H groups in total. The molecule has 1 heterocycles. The van der Waals surface area contributed by atoms with Crippen molar-refractivity contribution in [1.82, 2.24) is 4.98 Å². The summed E-state index contributed by atoms with van der Waals surface area (Å²) in [4.78, 5) is 4.05. The maximum absolute atomic E-state index is 13.6. The van der Waals surface area contributed by atoms with E-state index in [1.165, 1.54) is 6.07 Å². The molecular weight excluding hydrogens is 271 g/mol. The highest BCUT2D eigenvalue weighted by atomic mass is 79.9. The van der Waals surface area contributed by atoms with Gasteiger partial charge in [-0.2, -0.15) is 0 Å². The van der Waals surface area contributed by atoms with E-state index in [-0.39, 0.29) is 5.82 Å². The van der Waals surface area contributed by atoms with Crippen LogP contribution in [-0.4, -0.2) is 11.5 Å². The SMILES string of the molecule is CCCNc1ccnc2c(F)cc(Br)cc12. The third kappa shape index (κ3) is 2.16. The van der Waals surface area contributed by atoms with Crippen LogP contribution in [0.3, 0.4) is 0 Å². The highest BCUT2D eigenvalue weighted by Gasteiger charge is 2.07. The van der Waals surface area contributed by atoms with Gasteiger partial charge >= 0.3 is 0 Å². The zero-order valence-electron chi connectivity index (χ0n) is 8.93. The number of hydrogen-bond donors (Lipinski definition) is 1. The fraction of sp³-hybridized carbons (Fsp3) is 0.250. The summed E-state index contributed by atoms with van der Waals surface area (Å²) in [6.07, 6.45) is 2.65. The van der Waals surface area contributed by atoms with Crippen LogP contribution in [0.1, 0.15) is 13.3 Å². The monoisotopic (exact) mass is 282 g/mol. The Kier molecular flexibility index (Phi) is 3.39. The van der Waals surface area contributed by atoms with E-state index in [1.807, 2.05) is 12.1 Å². The van der Waals surface area contributed by atoms with Gasteiger partial charge in [-0.1, -0.05) is 22.9 Å². The van der Waals surface area contributed by atoms with Gasteiger partial charge in [0, 0.05) is 28.3 Å². The van der Waals surface area contributed by atoms with Crippen LogP contribution in [-0.2, 0) is 0 Å². The Balaban J connectivity index is 2.57. The Morgan fingerprint density at radius 3 is 3.00 bits per heavy atom. The second-order valence-corrected chi connectivity index (χ2v) is 4.48. The number of hydrogen-bond acceptors (Lipinski definition) is 2. The van der Waals surface area contributed by atoms with Crippen molar-refractivity contribution in [3.05, 3.63) is 34.7 Å². The van der Waals surface area contributed by atoms with Gasteiger partial charge in [-0.3, -0.25) is 4.98 Å².